The number of methoxy groups -OCH3 is 1. The van der Waals surface area contributed by atoms with Crippen LogP contribution in [0.3, 0.4) is 0 Å². The molecule has 1 aliphatic rings. The van der Waals surface area contributed by atoms with Gasteiger partial charge in [-0.25, -0.2) is 0 Å². The molecule has 1 saturated heterocycles. The molecule has 0 aromatic carbocycles. The summed E-state index contributed by atoms with van der Waals surface area (Å²) in [4.78, 5) is 2.37. The van der Waals surface area contributed by atoms with Gasteiger partial charge in [-0.2, -0.15) is 0 Å². The zero-order chi connectivity index (χ0) is 9.19. The minimum absolute atomic E-state index is 0.0644. The maximum Gasteiger partial charge on any atom is 0.0789 e. The van der Waals surface area contributed by atoms with E-state index in [2.05, 4.69) is 11.8 Å². The fourth-order valence-corrected chi connectivity index (χ4v) is 1.76. The molecule has 0 amide bonds. The van der Waals surface area contributed by atoms with Crippen molar-refractivity contribution in [2.75, 3.05) is 26.7 Å². The van der Waals surface area contributed by atoms with Gasteiger partial charge < -0.3 is 10.5 Å². The fraction of sp³-hybridized carbons (Fsp3) is 1.00. The van der Waals surface area contributed by atoms with E-state index < -0.39 is 0 Å². The summed E-state index contributed by atoms with van der Waals surface area (Å²) in [5.41, 5.74) is 5.78. The molecule has 3 nitrogen and oxygen atoms in total. The second-order valence-electron chi connectivity index (χ2n) is 4.12. The van der Waals surface area contributed by atoms with Crippen LogP contribution in [0.4, 0.5) is 0 Å². The number of likely N-dealkylation sites (tertiary alicyclic amines) is 1. The average molecular weight is 172 g/mol. The number of nitrogens with two attached hydrogens (primary N) is 1. The number of ether oxygens (including phenoxy) is 1. The van der Waals surface area contributed by atoms with E-state index in [1.54, 1.807) is 7.11 Å². The predicted octanol–water partition coefficient (Wildman–Crippen LogP) is 0.444. The molecular weight excluding hydrogens is 152 g/mol. The SMILES string of the molecule is COC1(C)CCN(C[C@@H](C)N)C1. The molecule has 0 aromatic rings. The van der Waals surface area contributed by atoms with E-state index >= 15 is 0 Å². The molecular formula is C9H20N2O. The monoisotopic (exact) mass is 172 g/mol. The van der Waals surface area contributed by atoms with Crippen LogP contribution in [0.2, 0.25) is 0 Å². The molecule has 0 bridgehead atoms. The van der Waals surface area contributed by atoms with Gasteiger partial charge in [-0.15, -0.1) is 0 Å². The van der Waals surface area contributed by atoms with Crippen LogP contribution >= 0.6 is 0 Å². The topological polar surface area (TPSA) is 38.5 Å². The van der Waals surface area contributed by atoms with Crippen molar-refractivity contribution in [3.05, 3.63) is 0 Å². The highest BCUT2D eigenvalue weighted by Gasteiger charge is 2.33. The maximum absolute atomic E-state index is 5.72. The molecule has 0 saturated carbocycles. The molecule has 72 valence electrons. The van der Waals surface area contributed by atoms with Crippen molar-refractivity contribution in [3.63, 3.8) is 0 Å². The Bertz CT molecular complexity index is 149. The zero-order valence-corrected chi connectivity index (χ0v) is 8.34. The van der Waals surface area contributed by atoms with Crippen LogP contribution in [0.15, 0.2) is 0 Å². The first-order chi connectivity index (χ1) is 5.56. The summed E-state index contributed by atoms with van der Waals surface area (Å²) < 4.78 is 5.43. The van der Waals surface area contributed by atoms with E-state index in [-0.39, 0.29) is 11.6 Å². The summed E-state index contributed by atoms with van der Waals surface area (Å²) in [6.07, 6.45) is 1.12. The van der Waals surface area contributed by atoms with Crippen LogP contribution in [0.5, 0.6) is 0 Å². The van der Waals surface area contributed by atoms with Crippen LogP contribution < -0.4 is 5.73 Å². The van der Waals surface area contributed by atoms with Crippen molar-refractivity contribution < 1.29 is 4.74 Å². The average Bonchev–Trinajstić information content (AvgIpc) is 2.32. The minimum atomic E-state index is 0.0644. The second kappa shape index (κ2) is 3.73. The first-order valence-corrected chi connectivity index (χ1v) is 4.59. The third-order valence-electron chi connectivity index (χ3n) is 2.55. The summed E-state index contributed by atoms with van der Waals surface area (Å²) in [6.45, 7) is 7.33. The Balaban J connectivity index is 2.35. The van der Waals surface area contributed by atoms with Gasteiger partial charge in [-0.1, -0.05) is 0 Å². The van der Waals surface area contributed by atoms with Crippen molar-refractivity contribution in [2.45, 2.75) is 31.9 Å². The predicted molar refractivity (Wildman–Crippen MR) is 50.1 cm³/mol. The lowest BCUT2D eigenvalue weighted by Crippen LogP contribution is -2.37. The Morgan fingerprint density at radius 1 is 1.67 bits per heavy atom. The van der Waals surface area contributed by atoms with Gasteiger partial charge in [0.2, 0.25) is 0 Å². The Morgan fingerprint density at radius 2 is 2.33 bits per heavy atom. The van der Waals surface area contributed by atoms with Gasteiger partial charge in [-0.3, -0.25) is 4.90 Å². The van der Waals surface area contributed by atoms with Gasteiger partial charge in [0.15, 0.2) is 0 Å². The fourth-order valence-electron chi connectivity index (χ4n) is 1.76. The molecule has 0 spiro atoms. The number of nitrogens with zero attached hydrogens (tertiary/aromatic N) is 1. The van der Waals surface area contributed by atoms with Gasteiger partial charge in [0, 0.05) is 32.8 Å². The third-order valence-corrected chi connectivity index (χ3v) is 2.55. The maximum atomic E-state index is 5.72. The standard InChI is InChI=1S/C9H20N2O/c1-8(10)6-11-5-4-9(2,7-11)12-3/h8H,4-7,10H2,1-3H3/t8-,9?/m1/s1. The lowest BCUT2D eigenvalue weighted by molar-refractivity contribution is 0.0146. The Kier molecular flexibility index (Phi) is 3.09. The minimum Gasteiger partial charge on any atom is -0.377 e. The van der Waals surface area contributed by atoms with E-state index in [0.717, 1.165) is 26.1 Å². The molecule has 1 unspecified atom stereocenters. The second-order valence-corrected chi connectivity index (χ2v) is 4.12. The molecule has 1 fully saturated rings. The zero-order valence-electron chi connectivity index (χ0n) is 8.34. The molecule has 1 rings (SSSR count). The number of rotatable bonds is 3. The molecule has 2 atom stereocenters. The van der Waals surface area contributed by atoms with Crippen LogP contribution in [0.25, 0.3) is 0 Å². The molecule has 0 aliphatic carbocycles. The van der Waals surface area contributed by atoms with E-state index in [9.17, 15) is 0 Å². The Labute approximate surface area is 74.9 Å². The van der Waals surface area contributed by atoms with Gasteiger partial charge in [-0.05, 0) is 20.3 Å². The summed E-state index contributed by atoms with van der Waals surface area (Å²) in [7, 11) is 1.79. The lowest BCUT2D eigenvalue weighted by Gasteiger charge is -2.23. The molecule has 0 radical (unpaired) electrons. The van der Waals surface area contributed by atoms with Crippen molar-refractivity contribution in [1.82, 2.24) is 4.90 Å². The highest BCUT2D eigenvalue weighted by Crippen LogP contribution is 2.23. The largest absolute Gasteiger partial charge is 0.377 e. The summed E-state index contributed by atoms with van der Waals surface area (Å²) >= 11 is 0. The molecule has 0 aromatic heterocycles. The van der Waals surface area contributed by atoms with Crippen molar-refractivity contribution >= 4 is 0 Å². The summed E-state index contributed by atoms with van der Waals surface area (Å²) in [5.74, 6) is 0. The van der Waals surface area contributed by atoms with Crippen LogP contribution in [0.1, 0.15) is 20.3 Å². The first-order valence-electron chi connectivity index (χ1n) is 4.59. The smallest absolute Gasteiger partial charge is 0.0789 e. The van der Waals surface area contributed by atoms with Crippen molar-refractivity contribution in [1.29, 1.82) is 0 Å². The van der Waals surface area contributed by atoms with E-state index in [4.69, 9.17) is 10.5 Å². The highest BCUT2D eigenvalue weighted by molar-refractivity contribution is 4.88. The van der Waals surface area contributed by atoms with Crippen molar-refractivity contribution in [3.8, 4) is 0 Å². The summed E-state index contributed by atoms with van der Waals surface area (Å²) in [5, 5.41) is 0. The van der Waals surface area contributed by atoms with E-state index in [0.29, 0.717) is 0 Å². The summed E-state index contributed by atoms with van der Waals surface area (Å²) in [6, 6.07) is 0.268. The van der Waals surface area contributed by atoms with Gasteiger partial charge in [0.1, 0.15) is 0 Å². The van der Waals surface area contributed by atoms with E-state index in [1.165, 1.54) is 0 Å². The Morgan fingerprint density at radius 3 is 2.75 bits per heavy atom. The molecule has 1 heterocycles. The van der Waals surface area contributed by atoms with Gasteiger partial charge >= 0.3 is 0 Å². The van der Waals surface area contributed by atoms with Crippen molar-refractivity contribution in [2.24, 2.45) is 5.73 Å². The van der Waals surface area contributed by atoms with Crippen LogP contribution in [0, 0.1) is 0 Å². The van der Waals surface area contributed by atoms with Crippen LogP contribution in [-0.2, 0) is 4.74 Å². The van der Waals surface area contributed by atoms with Crippen LogP contribution in [-0.4, -0.2) is 43.3 Å². The number of hydrogen-bond donors (Lipinski definition) is 1. The van der Waals surface area contributed by atoms with Gasteiger partial charge in [0.25, 0.3) is 0 Å². The third kappa shape index (κ3) is 2.44. The quantitative estimate of drug-likeness (QED) is 0.671. The molecule has 12 heavy (non-hydrogen) atoms. The Hall–Kier alpha value is -0.120. The normalized spacial score (nSPS) is 34.0. The lowest BCUT2D eigenvalue weighted by atomic mass is 10.1. The highest BCUT2D eigenvalue weighted by atomic mass is 16.5. The molecule has 3 heteroatoms. The molecule has 1 aliphatic heterocycles. The molecule has 2 N–H and O–H groups in total. The number of hydrogen-bond acceptors (Lipinski definition) is 3. The first kappa shape index (κ1) is 9.96. The van der Waals surface area contributed by atoms with E-state index in [1.807, 2.05) is 6.92 Å². The van der Waals surface area contributed by atoms with Gasteiger partial charge in [0.05, 0.1) is 5.60 Å².